The van der Waals surface area contributed by atoms with Crippen LogP contribution in [0.3, 0.4) is 0 Å². The molecule has 0 saturated carbocycles. The third-order valence-corrected chi connectivity index (χ3v) is 4.50. The first kappa shape index (κ1) is 22.0. The van der Waals surface area contributed by atoms with E-state index in [0.717, 1.165) is 11.4 Å². The molecule has 0 saturated heterocycles. The number of carbonyl (C=O) groups excluding carboxylic acids is 2. The summed E-state index contributed by atoms with van der Waals surface area (Å²) in [7, 11) is 0. The molecule has 2 N–H and O–H groups in total. The zero-order chi connectivity index (χ0) is 20.1. The summed E-state index contributed by atoms with van der Waals surface area (Å²) in [5.41, 5.74) is 0.734. The maximum absolute atomic E-state index is 12.8. The van der Waals surface area contributed by atoms with Crippen LogP contribution in [-0.4, -0.2) is 39.5 Å². The molecule has 0 fully saturated rings. The summed E-state index contributed by atoms with van der Waals surface area (Å²) < 4.78 is 7.01. The number of carbonyl (C=O) groups is 2. The lowest BCUT2D eigenvalue weighted by molar-refractivity contribution is -0.126. The lowest BCUT2D eigenvalue weighted by Gasteiger charge is -2.34. The smallest absolute Gasteiger partial charge is 0.407 e. The molecular weight excluding hydrogens is 332 g/mol. The van der Waals surface area contributed by atoms with Gasteiger partial charge in [0.1, 0.15) is 11.6 Å². The minimum atomic E-state index is -0.557. The quantitative estimate of drug-likeness (QED) is 0.775. The van der Waals surface area contributed by atoms with Gasteiger partial charge in [-0.25, -0.2) is 4.79 Å². The molecule has 0 aliphatic rings. The van der Waals surface area contributed by atoms with E-state index >= 15 is 0 Å². The average molecular weight is 367 g/mol. The van der Waals surface area contributed by atoms with E-state index < -0.39 is 23.3 Å². The van der Waals surface area contributed by atoms with Crippen LogP contribution in [0.4, 0.5) is 4.79 Å². The molecule has 1 aromatic rings. The van der Waals surface area contributed by atoms with Crippen LogP contribution < -0.4 is 10.6 Å². The van der Waals surface area contributed by atoms with Gasteiger partial charge in [0.2, 0.25) is 5.91 Å². The van der Waals surface area contributed by atoms with Crippen LogP contribution in [0.1, 0.15) is 71.8 Å². The van der Waals surface area contributed by atoms with Crippen LogP contribution in [-0.2, 0) is 9.53 Å². The Bertz CT molecular complexity index is 627. The number of ether oxygens (including phenoxy) is 1. The predicted molar refractivity (Wildman–Crippen MR) is 102 cm³/mol. The number of rotatable bonds is 7. The van der Waals surface area contributed by atoms with Crippen LogP contribution >= 0.6 is 0 Å². The van der Waals surface area contributed by atoms with Crippen molar-refractivity contribution < 1.29 is 14.3 Å². The molecule has 1 atom stereocenters. The number of hydrogen-bond acceptors (Lipinski definition) is 4. The van der Waals surface area contributed by atoms with Gasteiger partial charge in [-0.15, -0.1) is 0 Å². The molecule has 1 unspecified atom stereocenters. The molecule has 0 spiro atoms. The Kier molecular flexibility index (Phi) is 7.24. The predicted octanol–water partition coefficient (Wildman–Crippen LogP) is 3.26. The highest BCUT2D eigenvalue weighted by Gasteiger charge is 2.32. The molecule has 1 heterocycles. The van der Waals surface area contributed by atoms with Crippen LogP contribution in [0.25, 0.3) is 0 Å². The van der Waals surface area contributed by atoms with Gasteiger partial charge in [-0.1, -0.05) is 13.8 Å². The maximum Gasteiger partial charge on any atom is 0.407 e. The first-order valence-corrected chi connectivity index (χ1v) is 9.24. The average Bonchev–Trinajstić information content (AvgIpc) is 2.87. The zero-order valence-corrected chi connectivity index (χ0v) is 17.4. The molecule has 0 aliphatic heterocycles. The summed E-state index contributed by atoms with van der Waals surface area (Å²) in [6.45, 7) is 15.4. The van der Waals surface area contributed by atoms with E-state index in [4.69, 9.17) is 4.74 Å². The summed E-state index contributed by atoms with van der Waals surface area (Å²) in [6.07, 6.45) is 0.897. The number of hydrogen-bond donors (Lipinski definition) is 2. The lowest BCUT2D eigenvalue weighted by atomic mass is 9.92. The van der Waals surface area contributed by atoms with E-state index in [1.807, 2.05) is 61.5 Å². The van der Waals surface area contributed by atoms with Gasteiger partial charge in [-0.2, -0.15) is 5.10 Å². The maximum atomic E-state index is 12.8. The number of aryl methyl sites for hydroxylation is 2. The van der Waals surface area contributed by atoms with E-state index in [9.17, 15) is 9.59 Å². The molecule has 2 amide bonds. The number of aromatic nitrogens is 2. The molecule has 0 aromatic carbocycles. The molecule has 148 valence electrons. The topological polar surface area (TPSA) is 85.3 Å². The Morgan fingerprint density at radius 3 is 2.23 bits per heavy atom. The first-order chi connectivity index (χ1) is 11.9. The lowest BCUT2D eigenvalue weighted by Crippen LogP contribution is -2.56. The van der Waals surface area contributed by atoms with Crippen molar-refractivity contribution >= 4 is 12.0 Å². The molecule has 7 heteroatoms. The van der Waals surface area contributed by atoms with Crippen molar-refractivity contribution in [2.75, 3.05) is 6.54 Å². The van der Waals surface area contributed by atoms with Crippen molar-refractivity contribution in [2.24, 2.45) is 0 Å². The van der Waals surface area contributed by atoms with Gasteiger partial charge in [0.15, 0.2) is 0 Å². The standard InChI is InChI=1S/C19H34N4O3/c1-9-19(10-2,12-20-17(25)26-18(6,7)8)21-16(24)15(5)23-14(4)11-13(3)22-23/h11,15H,9-10,12H2,1-8H3,(H,20,25)(H,21,24). The van der Waals surface area contributed by atoms with E-state index in [1.54, 1.807) is 4.68 Å². The van der Waals surface area contributed by atoms with Gasteiger partial charge in [0.05, 0.1) is 11.2 Å². The van der Waals surface area contributed by atoms with E-state index in [0.29, 0.717) is 19.4 Å². The number of alkyl carbamates (subject to hydrolysis) is 1. The highest BCUT2D eigenvalue weighted by atomic mass is 16.6. The van der Waals surface area contributed by atoms with Crippen molar-refractivity contribution in [3.05, 3.63) is 17.5 Å². The molecule has 26 heavy (non-hydrogen) atoms. The van der Waals surface area contributed by atoms with E-state index in [-0.39, 0.29) is 5.91 Å². The minimum Gasteiger partial charge on any atom is -0.444 e. The van der Waals surface area contributed by atoms with Crippen LogP contribution in [0.15, 0.2) is 6.07 Å². The fourth-order valence-electron chi connectivity index (χ4n) is 2.79. The Hall–Kier alpha value is -2.05. The second-order valence-corrected chi connectivity index (χ2v) is 7.88. The third-order valence-electron chi connectivity index (χ3n) is 4.50. The van der Waals surface area contributed by atoms with Crippen molar-refractivity contribution in [3.63, 3.8) is 0 Å². The molecule has 0 aliphatic carbocycles. The van der Waals surface area contributed by atoms with Gasteiger partial charge in [-0.05, 0) is 60.5 Å². The molecule has 0 radical (unpaired) electrons. The molecule has 1 rings (SSSR count). The zero-order valence-electron chi connectivity index (χ0n) is 17.4. The Morgan fingerprint density at radius 2 is 1.81 bits per heavy atom. The van der Waals surface area contributed by atoms with Gasteiger partial charge in [-0.3, -0.25) is 9.48 Å². The summed E-state index contributed by atoms with van der Waals surface area (Å²) in [4.78, 5) is 24.8. The molecule has 7 nitrogen and oxygen atoms in total. The van der Waals surface area contributed by atoms with Crippen molar-refractivity contribution in [1.82, 2.24) is 20.4 Å². The highest BCUT2D eigenvalue weighted by Crippen LogP contribution is 2.18. The number of nitrogens with zero attached hydrogens (tertiary/aromatic N) is 2. The molecule has 1 aromatic heterocycles. The van der Waals surface area contributed by atoms with Crippen molar-refractivity contribution in [2.45, 2.75) is 85.4 Å². The minimum absolute atomic E-state index is 0.120. The second-order valence-electron chi connectivity index (χ2n) is 7.88. The number of amides is 2. The van der Waals surface area contributed by atoms with Gasteiger partial charge >= 0.3 is 6.09 Å². The van der Waals surface area contributed by atoms with Crippen molar-refractivity contribution in [1.29, 1.82) is 0 Å². The fraction of sp³-hybridized carbons (Fsp3) is 0.737. The van der Waals surface area contributed by atoms with E-state index in [1.165, 1.54) is 0 Å². The monoisotopic (exact) mass is 366 g/mol. The molecular formula is C19H34N4O3. The van der Waals surface area contributed by atoms with Crippen LogP contribution in [0.2, 0.25) is 0 Å². The Morgan fingerprint density at radius 1 is 1.23 bits per heavy atom. The SMILES string of the molecule is CCC(CC)(CNC(=O)OC(C)(C)C)NC(=O)C(C)n1nc(C)cc1C. The Balaban J connectivity index is 2.80. The largest absolute Gasteiger partial charge is 0.444 e. The normalized spacial score (nSPS) is 13.2. The summed E-state index contributed by atoms with van der Waals surface area (Å²) in [5.74, 6) is -0.120. The third kappa shape index (κ3) is 6.04. The summed E-state index contributed by atoms with van der Waals surface area (Å²) >= 11 is 0. The molecule has 0 bridgehead atoms. The Labute approximate surface area is 156 Å². The highest BCUT2D eigenvalue weighted by molar-refractivity contribution is 5.80. The van der Waals surface area contributed by atoms with Crippen LogP contribution in [0.5, 0.6) is 0 Å². The van der Waals surface area contributed by atoms with Crippen LogP contribution in [0, 0.1) is 13.8 Å². The van der Waals surface area contributed by atoms with Gasteiger partial charge in [0, 0.05) is 12.2 Å². The first-order valence-electron chi connectivity index (χ1n) is 9.24. The fourth-order valence-corrected chi connectivity index (χ4v) is 2.79. The van der Waals surface area contributed by atoms with Crippen molar-refractivity contribution in [3.8, 4) is 0 Å². The van der Waals surface area contributed by atoms with E-state index in [2.05, 4.69) is 15.7 Å². The number of nitrogens with one attached hydrogen (secondary N) is 2. The second kappa shape index (κ2) is 8.56. The van der Waals surface area contributed by atoms with Gasteiger partial charge in [0.25, 0.3) is 0 Å². The summed E-state index contributed by atoms with van der Waals surface area (Å²) in [5, 5.41) is 10.3. The summed E-state index contributed by atoms with van der Waals surface area (Å²) in [6, 6.07) is 1.52. The van der Waals surface area contributed by atoms with Gasteiger partial charge < -0.3 is 15.4 Å².